The summed E-state index contributed by atoms with van der Waals surface area (Å²) in [6.45, 7) is 4.91. The summed E-state index contributed by atoms with van der Waals surface area (Å²) < 4.78 is 0. The number of Topliss-reactive ketones (excluding diaryl/α,β-unsaturated/α-hetero) is 1. The van der Waals surface area contributed by atoms with E-state index in [0.717, 1.165) is 0 Å². The third kappa shape index (κ3) is 3.72. The van der Waals surface area contributed by atoms with E-state index in [4.69, 9.17) is 5.73 Å². The van der Waals surface area contributed by atoms with Gasteiger partial charge in [-0.2, -0.15) is 0 Å². The molecular weight excluding hydrogens is 296 g/mol. The van der Waals surface area contributed by atoms with E-state index < -0.39 is 12.1 Å². The minimum atomic E-state index is -0.576. The third-order valence-electron chi connectivity index (χ3n) is 4.52. The van der Waals surface area contributed by atoms with Gasteiger partial charge in [-0.05, 0) is 32.9 Å². The van der Waals surface area contributed by atoms with E-state index in [1.165, 1.54) is 0 Å². The topological polar surface area (TPSA) is 87.0 Å². The number of nitrogens with two attached hydrogens (primary N) is 1. The molecule has 7 nitrogen and oxygen atoms in total. The predicted octanol–water partition coefficient (Wildman–Crippen LogP) is -0.698. The van der Waals surface area contributed by atoms with E-state index in [1.54, 1.807) is 14.7 Å². The molecule has 0 spiro atoms. The Labute approximate surface area is 137 Å². The second-order valence-corrected chi connectivity index (χ2v) is 7.29. The highest BCUT2D eigenvalue weighted by Gasteiger charge is 2.51. The van der Waals surface area contributed by atoms with Gasteiger partial charge >= 0.3 is 0 Å². The molecule has 2 saturated heterocycles. The van der Waals surface area contributed by atoms with Gasteiger partial charge in [0.05, 0.1) is 25.2 Å². The number of ketones is 1. The standard InChI is InChI=1S/C16H28N4O3/c1-10(2)7-11(17)16(23)19-6-5-12-15(19)13(21)8-20(12)14(22)9-18(3)4/h10-12,15H,5-9,17H2,1-4H3. The molecule has 3 unspecified atom stereocenters. The van der Waals surface area contributed by atoms with E-state index >= 15 is 0 Å². The molecule has 7 heteroatoms. The van der Waals surface area contributed by atoms with Crippen molar-refractivity contribution in [1.82, 2.24) is 14.7 Å². The SMILES string of the molecule is CC(C)CC(N)C(=O)N1CCC2C1C(=O)CN2C(=O)CN(C)C. The number of amides is 2. The maximum atomic E-state index is 12.6. The van der Waals surface area contributed by atoms with Crippen LogP contribution >= 0.6 is 0 Å². The van der Waals surface area contributed by atoms with Crippen molar-refractivity contribution in [1.29, 1.82) is 0 Å². The van der Waals surface area contributed by atoms with Crippen LogP contribution in [0.15, 0.2) is 0 Å². The first-order chi connectivity index (χ1) is 10.7. The van der Waals surface area contributed by atoms with E-state index in [2.05, 4.69) is 0 Å². The Morgan fingerprint density at radius 1 is 1.30 bits per heavy atom. The van der Waals surface area contributed by atoms with Crippen LogP contribution in [0.1, 0.15) is 26.7 Å². The van der Waals surface area contributed by atoms with Crippen molar-refractivity contribution in [3.63, 3.8) is 0 Å². The van der Waals surface area contributed by atoms with Crippen LogP contribution in [0.3, 0.4) is 0 Å². The van der Waals surface area contributed by atoms with E-state index in [0.29, 0.717) is 25.3 Å². The summed E-state index contributed by atoms with van der Waals surface area (Å²) in [6.07, 6.45) is 1.25. The van der Waals surface area contributed by atoms with Crippen molar-refractivity contribution in [3.05, 3.63) is 0 Å². The smallest absolute Gasteiger partial charge is 0.240 e. The quantitative estimate of drug-likeness (QED) is 0.723. The van der Waals surface area contributed by atoms with Gasteiger partial charge in [0.25, 0.3) is 0 Å². The zero-order chi connectivity index (χ0) is 17.3. The second kappa shape index (κ2) is 6.97. The predicted molar refractivity (Wildman–Crippen MR) is 86.6 cm³/mol. The van der Waals surface area contributed by atoms with Gasteiger partial charge < -0.3 is 20.4 Å². The van der Waals surface area contributed by atoms with Crippen LogP contribution in [0.2, 0.25) is 0 Å². The summed E-state index contributed by atoms with van der Waals surface area (Å²) in [5.74, 6) is 0.0487. The fourth-order valence-corrected chi connectivity index (χ4v) is 3.57. The molecule has 23 heavy (non-hydrogen) atoms. The molecule has 0 aliphatic carbocycles. The van der Waals surface area contributed by atoms with E-state index in [1.807, 2.05) is 27.9 Å². The highest BCUT2D eigenvalue weighted by atomic mass is 16.2. The number of likely N-dealkylation sites (tertiary alicyclic amines) is 2. The fraction of sp³-hybridized carbons (Fsp3) is 0.812. The monoisotopic (exact) mass is 324 g/mol. The molecule has 2 amide bonds. The van der Waals surface area contributed by atoms with Crippen LogP contribution in [0.25, 0.3) is 0 Å². The van der Waals surface area contributed by atoms with Gasteiger partial charge in [0, 0.05) is 6.54 Å². The number of hydrogen-bond donors (Lipinski definition) is 1. The minimum Gasteiger partial charge on any atom is -0.329 e. The van der Waals surface area contributed by atoms with Gasteiger partial charge in [0.15, 0.2) is 5.78 Å². The minimum absolute atomic E-state index is 0.0512. The van der Waals surface area contributed by atoms with E-state index in [9.17, 15) is 14.4 Å². The maximum absolute atomic E-state index is 12.6. The lowest BCUT2D eigenvalue weighted by Crippen LogP contribution is -2.50. The molecule has 0 aromatic heterocycles. The Bertz CT molecular complexity index is 492. The lowest BCUT2D eigenvalue weighted by molar-refractivity contribution is -0.137. The van der Waals surface area contributed by atoms with Gasteiger partial charge in [-0.25, -0.2) is 0 Å². The molecule has 2 heterocycles. The third-order valence-corrected chi connectivity index (χ3v) is 4.52. The molecule has 0 bridgehead atoms. The summed E-state index contributed by atoms with van der Waals surface area (Å²) >= 11 is 0. The molecular formula is C16H28N4O3. The van der Waals surface area contributed by atoms with Crippen LogP contribution in [-0.2, 0) is 14.4 Å². The fourth-order valence-electron chi connectivity index (χ4n) is 3.57. The van der Waals surface area contributed by atoms with Gasteiger partial charge in [-0.15, -0.1) is 0 Å². The number of hydrogen-bond acceptors (Lipinski definition) is 5. The summed E-state index contributed by atoms with van der Waals surface area (Å²) in [7, 11) is 3.64. The van der Waals surface area contributed by atoms with Crippen LogP contribution in [0, 0.1) is 5.92 Å². The van der Waals surface area contributed by atoms with Crippen molar-refractivity contribution >= 4 is 17.6 Å². The summed E-state index contributed by atoms with van der Waals surface area (Å²) in [5, 5.41) is 0. The lowest BCUT2D eigenvalue weighted by atomic mass is 10.0. The molecule has 0 radical (unpaired) electrons. The Hall–Kier alpha value is -1.47. The lowest BCUT2D eigenvalue weighted by Gasteiger charge is -2.27. The van der Waals surface area contributed by atoms with Gasteiger partial charge in [-0.3, -0.25) is 14.4 Å². The number of carbonyl (C=O) groups is 3. The molecule has 2 fully saturated rings. The zero-order valence-electron chi connectivity index (χ0n) is 14.5. The number of rotatable bonds is 5. The molecule has 2 N–H and O–H groups in total. The molecule has 2 aliphatic heterocycles. The normalized spacial score (nSPS) is 25.4. The van der Waals surface area contributed by atoms with Crippen LogP contribution in [0.5, 0.6) is 0 Å². The van der Waals surface area contributed by atoms with Crippen LogP contribution in [0.4, 0.5) is 0 Å². The van der Waals surface area contributed by atoms with Crippen molar-refractivity contribution in [3.8, 4) is 0 Å². The van der Waals surface area contributed by atoms with Gasteiger partial charge in [0.1, 0.15) is 6.04 Å². The molecule has 130 valence electrons. The molecule has 0 aromatic rings. The molecule has 2 rings (SSSR count). The Balaban J connectivity index is 2.08. The summed E-state index contributed by atoms with van der Waals surface area (Å²) in [6, 6.07) is -1.27. The van der Waals surface area contributed by atoms with Crippen LogP contribution in [-0.4, -0.2) is 84.2 Å². The number of fused-ring (bicyclic) bond motifs is 1. The molecule has 0 saturated carbocycles. The first kappa shape index (κ1) is 17.9. The van der Waals surface area contributed by atoms with Crippen LogP contribution < -0.4 is 5.73 Å². The average Bonchev–Trinajstić information content (AvgIpc) is 2.98. The average molecular weight is 324 g/mol. The summed E-state index contributed by atoms with van der Waals surface area (Å²) in [5.41, 5.74) is 6.00. The van der Waals surface area contributed by atoms with Gasteiger partial charge in [-0.1, -0.05) is 13.8 Å². The molecule has 3 atom stereocenters. The largest absolute Gasteiger partial charge is 0.329 e. The first-order valence-electron chi connectivity index (χ1n) is 8.25. The number of nitrogens with zero attached hydrogens (tertiary/aromatic N) is 3. The molecule has 2 aliphatic rings. The Morgan fingerprint density at radius 3 is 2.52 bits per heavy atom. The highest BCUT2D eigenvalue weighted by molar-refractivity contribution is 5.98. The second-order valence-electron chi connectivity index (χ2n) is 7.29. The zero-order valence-corrected chi connectivity index (χ0v) is 14.5. The van der Waals surface area contributed by atoms with Gasteiger partial charge in [0.2, 0.25) is 11.8 Å². The first-order valence-corrected chi connectivity index (χ1v) is 8.25. The van der Waals surface area contributed by atoms with Crippen molar-refractivity contribution < 1.29 is 14.4 Å². The summed E-state index contributed by atoms with van der Waals surface area (Å²) in [4.78, 5) is 42.3. The Kier molecular flexibility index (Phi) is 5.41. The molecule has 0 aromatic carbocycles. The maximum Gasteiger partial charge on any atom is 0.240 e. The number of likely N-dealkylation sites (N-methyl/N-ethyl adjacent to an activating group) is 1. The van der Waals surface area contributed by atoms with Crippen molar-refractivity contribution in [2.45, 2.75) is 44.8 Å². The van der Waals surface area contributed by atoms with E-state index in [-0.39, 0.29) is 36.7 Å². The Morgan fingerprint density at radius 2 is 1.96 bits per heavy atom. The number of carbonyl (C=O) groups excluding carboxylic acids is 3. The van der Waals surface area contributed by atoms with Crippen molar-refractivity contribution in [2.75, 3.05) is 33.7 Å². The highest BCUT2D eigenvalue weighted by Crippen LogP contribution is 2.30. The van der Waals surface area contributed by atoms with Crippen molar-refractivity contribution in [2.24, 2.45) is 11.7 Å².